The summed E-state index contributed by atoms with van der Waals surface area (Å²) in [4.78, 5) is 0. The Labute approximate surface area is 164 Å². The van der Waals surface area contributed by atoms with E-state index in [0.717, 1.165) is 18.8 Å². The highest BCUT2D eigenvalue weighted by atomic mass is 16.3. The lowest BCUT2D eigenvalue weighted by molar-refractivity contribution is 0.359. The predicted octanol–water partition coefficient (Wildman–Crippen LogP) is 6.93. The number of phenolic OH excluding ortho intramolecular Hbond substituents is 2. The van der Waals surface area contributed by atoms with Gasteiger partial charge in [-0.1, -0.05) is 82.6 Å². The maximum absolute atomic E-state index is 9.79. The summed E-state index contributed by atoms with van der Waals surface area (Å²) in [6.45, 7) is 2.40. The van der Waals surface area contributed by atoms with E-state index in [-0.39, 0.29) is 5.41 Å². The average molecular weight is 367 g/mol. The number of benzene rings is 2. The molecule has 0 spiro atoms. The van der Waals surface area contributed by atoms with Crippen LogP contribution in [0.3, 0.4) is 0 Å². The Kier molecular flexibility index (Phi) is 6.82. The summed E-state index contributed by atoms with van der Waals surface area (Å²) in [7, 11) is 0. The van der Waals surface area contributed by atoms with E-state index in [0.29, 0.717) is 11.5 Å². The molecule has 0 heterocycles. The van der Waals surface area contributed by atoms with E-state index >= 15 is 0 Å². The molecule has 1 saturated carbocycles. The topological polar surface area (TPSA) is 40.5 Å². The summed E-state index contributed by atoms with van der Waals surface area (Å²) < 4.78 is 0. The first-order valence-corrected chi connectivity index (χ1v) is 10.7. The molecule has 2 aromatic carbocycles. The van der Waals surface area contributed by atoms with Crippen LogP contribution in [0.1, 0.15) is 82.3 Å². The van der Waals surface area contributed by atoms with Gasteiger partial charge in [-0.15, -0.1) is 0 Å². The highest BCUT2D eigenvalue weighted by Crippen LogP contribution is 2.43. The van der Waals surface area contributed by atoms with E-state index < -0.39 is 0 Å². The van der Waals surface area contributed by atoms with Gasteiger partial charge in [-0.2, -0.15) is 0 Å². The summed E-state index contributed by atoms with van der Waals surface area (Å²) in [5.41, 5.74) is 2.54. The second kappa shape index (κ2) is 9.30. The van der Waals surface area contributed by atoms with Crippen molar-refractivity contribution in [2.45, 2.75) is 76.5 Å². The lowest BCUT2D eigenvalue weighted by Crippen LogP contribution is -2.28. The van der Waals surface area contributed by atoms with Crippen molar-refractivity contribution in [1.29, 1.82) is 0 Å². The van der Waals surface area contributed by atoms with Gasteiger partial charge in [0.2, 0.25) is 0 Å². The summed E-state index contributed by atoms with van der Waals surface area (Å²) in [6, 6.07) is 15.6. The molecule has 2 nitrogen and oxygen atoms in total. The third-order valence-corrected chi connectivity index (χ3v) is 6.44. The van der Waals surface area contributed by atoms with Crippen LogP contribution in [0, 0.1) is 5.92 Å². The Balaban J connectivity index is 1.96. The van der Waals surface area contributed by atoms with Crippen molar-refractivity contribution < 1.29 is 10.2 Å². The second-order valence-corrected chi connectivity index (χ2v) is 8.48. The molecule has 0 radical (unpaired) electrons. The van der Waals surface area contributed by atoms with Crippen molar-refractivity contribution in [3.05, 3.63) is 59.7 Å². The van der Waals surface area contributed by atoms with Crippen molar-refractivity contribution in [3.8, 4) is 11.5 Å². The first kappa shape index (κ1) is 19.8. The first-order chi connectivity index (χ1) is 13.1. The van der Waals surface area contributed by atoms with E-state index in [1.54, 1.807) is 0 Å². The molecule has 3 rings (SSSR count). The molecule has 0 bridgehead atoms. The lowest BCUT2D eigenvalue weighted by atomic mass is 9.67. The molecule has 27 heavy (non-hydrogen) atoms. The zero-order chi connectivity index (χ0) is 19.1. The molecule has 1 fully saturated rings. The Bertz CT molecular complexity index is 642. The summed E-state index contributed by atoms with van der Waals surface area (Å²) >= 11 is 0. The highest BCUT2D eigenvalue weighted by Gasteiger charge is 2.33. The molecule has 2 aromatic rings. The Morgan fingerprint density at radius 1 is 0.630 bits per heavy atom. The van der Waals surface area contributed by atoms with E-state index in [1.807, 2.05) is 24.3 Å². The fraction of sp³-hybridized carbons (Fsp3) is 0.520. The zero-order valence-corrected chi connectivity index (χ0v) is 16.7. The number of hydrogen-bond acceptors (Lipinski definition) is 2. The number of hydrogen-bond donors (Lipinski definition) is 2. The smallest absolute Gasteiger partial charge is 0.115 e. The summed E-state index contributed by atoms with van der Waals surface area (Å²) in [5, 5.41) is 19.6. The van der Waals surface area contributed by atoms with E-state index in [9.17, 15) is 10.2 Å². The van der Waals surface area contributed by atoms with Gasteiger partial charge >= 0.3 is 0 Å². The summed E-state index contributed by atoms with van der Waals surface area (Å²) in [6.07, 6.45) is 12.6. The molecule has 0 aliphatic heterocycles. The standard InChI is InChI=1S/C25H34O2/c1-20-8-4-2-3-6-18-25(19-7-5-9-20,21-10-14-23(26)15-11-21)22-12-16-24(27)17-13-22/h10-17,20,26-27H,2-9,18-19H2,1H3. The predicted molar refractivity (Wildman–Crippen MR) is 112 cm³/mol. The van der Waals surface area contributed by atoms with Crippen molar-refractivity contribution in [2.75, 3.05) is 0 Å². The number of phenols is 2. The fourth-order valence-electron chi connectivity index (χ4n) is 4.77. The monoisotopic (exact) mass is 366 g/mol. The molecule has 0 amide bonds. The van der Waals surface area contributed by atoms with Crippen LogP contribution in [0.25, 0.3) is 0 Å². The molecular formula is C25H34O2. The lowest BCUT2D eigenvalue weighted by Gasteiger charge is -2.36. The summed E-state index contributed by atoms with van der Waals surface area (Å²) in [5.74, 6) is 1.48. The van der Waals surface area contributed by atoms with Crippen LogP contribution in [-0.2, 0) is 5.41 Å². The van der Waals surface area contributed by atoms with Crippen LogP contribution in [0.4, 0.5) is 0 Å². The average Bonchev–Trinajstić information content (AvgIpc) is 2.66. The Hall–Kier alpha value is -1.96. The van der Waals surface area contributed by atoms with Gasteiger partial charge < -0.3 is 10.2 Å². The SMILES string of the molecule is CC1CCCCCCC(c2ccc(O)cc2)(c2ccc(O)cc2)CCCC1. The van der Waals surface area contributed by atoms with Crippen molar-refractivity contribution in [2.24, 2.45) is 5.92 Å². The van der Waals surface area contributed by atoms with Crippen LogP contribution in [0.5, 0.6) is 11.5 Å². The fourth-order valence-corrected chi connectivity index (χ4v) is 4.77. The molecular weight excluding hydrogens is 332 g/mol. The van der Waals surface area contributed by atoms with Gasteiger partial charge in [0.05, 0.1) is 0 Å². The van der Waals surface area contributed by atoms with Gasteiger partial charge in [0.15, 0.2) is 0 Å². The van der Waals surface area contributed by atoms with Crippen LogP contribution in [0.15, 0.2) is 48.5 Å². The normalized spacial score (nSPS) is 21.7. The molecule has 146 valence electrons. The minimum Gasteiger partial charge on any atom is -0.508 e. The molecule has 1 aliphatic rings. The quantitative estimate of drug-likeness (QED) is 0.604. The van der Waals surface area contributed by atoms with Gasteiger partial charge in [-0.3, -0.25) is 0 Å². The third kappa shape index (κ3) is 5.06. The molecule has 1 unspecified atom stereocenters. The van der Waals surface area contributed by atoms with Crippen molar-refractivity contribution in [3.63, 3.8) is 0 Å². The molecule has 2 N–H and O–H groups in total. The Morgan fingerprint density at radius 2 is 1.04 bits per heavy atom. The minimum atomic E-state index is -0.0379. The maximum atomic E-state index is 9.79. The first-order valence-electron chi connectivity index (χ1n) is 10.7. The second-order valence-electron chi connectivity index (χ2n) is 8.48. The van der Waals surface area contributed by atoms with Gasteiger partial charge in [-0.25, -0.2) is 0 Å². The molecule has 1 atom stereocenters. The van der Waals surface area contributed by atoms with Gasteiger partial charge in [-0.05, 0) is 54.2 Å². The molecule has 1 aliphatic carbocycles. The molecule has 0 aromatic heterocycles. The van der Waals surface area contributed by atoms with Crippen LogP contribution >= 0.6 is 0 Å². The number of aromatic hydroxyl groups is 2. The van der Waals surface area contributed by atoms with Gasteiger partial charge in [0.1, 0.15) is 11.5 Å². The van der Waals surface area contributed by atoms with E-state index in [1.165, 1.54) is 62.5 Å². The number of rotatable bonds is 2. The van der Waals surface area contributed by atoms with Crippen molar-refractivity contribution in [1.82, 2.24) is 0 Å². The van der Waals surface area contributed by atoms with E-state index in [4.69, 9.17) is 0 Å². The van der Waals surface area contributed by atoms with Crippen LogP contribution < -0.4 is 0 Å². The van der Waals surface area contributed by atoms with Crippen LogP contribution in [-0.4, -0.2) is 10.2 Å². The largest absolute Gasteiger partial charge is 0.508 e. The molecule has 2 heteroatoms. The minimum absolute atomic E-state index is 0.0379. The zero-order valence-electron chi connectivity index (χ0n) is 16.7. The highest BCUT2D eigenvalue weighted by molar-refractivity contribution is 5.43. The van der Waals surface area contributed by atoms with Crippen LogP contribution in [0.2, 0.25) is 0 Å². The van der Waals surface area contributed by atoms with Gasteiger partial charge in [0, 0.05) is 5.41 Å². The van der Waals surface area contributed by atoms with E-state index in [2.05, 4.69) is 31.2 Å². The van der Waals surface area contributed by atoms with Crippen molar-refractivity contribution >= 4 is 0 Å². The third-order valence-electron chi connectivity index (χ3n) is 6.44. The maximum Gasteiger partial charge on any atom is 0.115 e. The van der Waals surface area contributed by atoms with Gasteiger partial charge in [0.25, 0.3) is 0 Å². The molecule has 0 saturated heterocycles. The Morgan fingerprint density at radius 3 is 1.56 bits per heavy atom.